The number of non-ortho nitro benzene ring substituents is 1. The van der Waals surface area contributed by atoms with Gasteiger partial charge in [-0.1, -0.05) is 48.0 Å². The van der Waals surface area contributed by atoms with Gasteiger partial charge in [-0.05, 0) is 49.9 Å². The number of para-hydroxylation sites is 2. The Morgan fingerprint density at radius 1 is 0.889 bits per heavy atom. The first-order chi connectivity index (χ1) is 21.6. The second-order valence-electron chi connectivity index (χ2n) is 12.2. The number of phenols is 1. The monoisotopic (exact) mass is 607 g/mol. The number of fused-ring (bicyclic) bond motifs is 4. The van der Waals surface area contributed by atoms with Crippen LogP contribution in [-0.4, -0.2) is 40.8 Å². The second kappa shape index (κ2) is 10.1. The molecule has 3 fully saturated rings. The van der Waals surface area contributed by atoms with Gasteiger partial charge in [0, 0.05) is 23.6 Å². The standard InChI is InChI=1S/C34H29N3O8/c1-34-25(31(40)36(33(34)42)18-8-4-3-5-9-18)17-24-21(28(34)23-12-7-13-26(45-2)29(23)38)14-15-22-27(24)32(41)35(30(22)39)19-10-6-11-20(16-19)37(43)44/h3-14,16,22,24-25,27-28,38H,15,17H2,1-2H3. The number of nitrogens with zero attached hydrogens (tertiary/aromatic N) is 3. The van der Waals surface area contributed by atoms with Crippen LogP contribution in [0.3, 0.4) is 0 Å². The Hall–Kier alpha value is -5.32. The van der Waals surface area contributed by atoms with E-state index in [4.69, 9.17) is 4.74 Å². The van der Waals surface area contributed by atoms with Crippen LogP contribution in [0.4, 0.5) is 17.1 Å². The molecule has 2 aliphatic heterocycles. The number of phenolic OH excluding ortho intramolecular Hbond substituents is 1. The van der Waals surface area contributed by atoms with E-state index >= 15 is 0 Å². The number of methoxy groups -OCH3 is 1. The highest BCUT2D eigenvalue weighted by atomic mass is 16.6. The van der Waals surface area contributed by atoms with Crippen LogP contribution < -0.4 is 14.5 Å². The number of carbonyl (C=O) groups is 4. The van der Waals surface area contributed by atoms with Crippen LogP contribution in [0.1, 0.15) is 31.2 Å². The van der Waals surface area contributed by atoms with Crippen molar-refractivity contribution in [2.24, 2.45) is 29.1 Å². The number of amides is 4. The fourth-order valence-corrected chi connectivity index (χ4v) is 8.12. The van der Waals surface area contributed by atoms with E-state index < -0.39 is 63.6 Å². The number of aromatic hydroxyl groups is 1. The molecule has 7 rings (SSSR count). The lowest BCUT2D eigenvalue weighted by molar-refractivity contribution is -0.384. The molecule has 0 spiro atoms. The predicted molar refractivity (Wildman–Crippen MR) is 161 cm³/mol. The Morgan fingerprint density at radius 3 is 2.31 bits per heavy atom. The lowest BCUT2D eigenvalue weighted by Crippen LogP contribution is -2.48. The summed E-state index contributed by atoms with van der Waals surface area (Å²) in [5, 5.41) is 22.8. The minimum absolute atomic E-state index is 0.111. The van der Waals surface area contributed by atoms with E-state index in [0.717, 1.165) is 4.90 Å². The molecule has 45 heavy (non-hydrogen) atoms. The van der Waals surface area contributed by atoms with Gasteiger partial charge in [0.2, 0.25) is 23.6 Å². The number of imide groups is 2. The zero-order chi connectivity index (χ0) is 31.8. The quantitative estimate of drug-likeness (QED) is 0.189. The molecule has 1 saturated carbocycles. The Labute approximate surface area is 257 Å². The summed E-state index contributed by atoms with van der Waals surface area (Å²) in [6.07, 6.45) is 2.21. The number of nitro benzene ring substituents is 1. The summed E-state index contributed by atoms with van der Waals surface area (Å²) < 4.78 is 5.40. The Morgan fingerprint density at radius 2 is 1.60 bits per heavy atom. The number of nitro groups is 1. The van der Waals surface area contributed by atoms with Gasteiger partial charge in [-0.15, -0.1) is 0 Å². The summed E-state index contributed by atoms with van der Waals surface area (Å²) in [5.74, 6) is -5.64. The van der Waals surface area contributed by atoms with Crippen molar-refractivity contribution >= 4 is 40.7 Å². The van der Waals surface area contributed by atoms with Crippen molar-refractivity contribution in [3.8, 4) is 11.5 Å². The number of anilines is 2. The molecule has 4 amide bonds. The molecule has 6 atom stereocenters. The molecule has 3 aromatic carbocycles. The van der Waals surface area contributed by atoms with E-state index in [9.17, 15) is 34.4 Å². The summed E-state index contributed by atoms with van der Waals surface area (Å²) in [6.45, 7) is 1.74. The van der Waals surface area contributed by atoms with Crippen molar-refractivity contribution in [2.45, 2.75) is 25.7 Å². The fourth-order valence-electron chi connectivity index (χ4n) is 8.12. The van der Waals surface area contributed by atoms with Gasteiger partial charge in [0.15, 0.2) is 11.5 Å². The van der Waals surface area contributed by atoms with E-state index in [0.29, 0.717) is 16.8 Å². The first kappa shape index (κ1) is 28.5. The molecule has 228 valence electrons. The van der Waals surface area contributed by atoms with Crippen LogP contribution in [0.25, 0.3) is 0 Å². The summed E-state index contributed by atoms with van der Waals surface area (Å²) in [5.41, 5.74) is 0.0592. The average Bonchev–Trinajstić information content (AvgIpc) is 3.41. The van der Waals surface area contributed by atoms with Crippen molar-refractivity contribution in [1.29, 1.82) is 0 Å². The van der Waals surface area contributed by atoms with E-state index in [1.165, 1.54) is 36.3 Å². The van der Waals surface area contributed by atoms with Crippen molar-refractivity contribution < 1.29 is 33.9 Å². The predicted octanol–water partition coefficient (Wildman–Crippen LogP) is 4.74. The highest BCUT2D eigenvalue weighted by Crippen LogP contribution is 2.65. The average molecular weight is 608 g/mol. The smallest absolute Gasteiger partial charge is 0.271 e. The maximum absolute atomic E-state index is 14.4. The van der Waals surface area contributed by atoms with Crippen LogP contribution in [0.15, 0.2) is 84.4 Å². The molecule has 11 nitrogen and oxygen atoms in total. The van der Waals surface area contributed by atoms with Crippen molar-refractivity contribution in [1.82, 2.24) is 0 Å². The van der Waals surface area contributed by atoms with Gasteiger partial charge in [-0.25, -0.2) is 9.80 Å². The van der Waals surface area contributed by atoms with Gasteiger partial charge in [-0.2, -0.15) is 0 Å². The third kappa shape index (κ3) is 3.89. The second-order valence-corrected chi connectivity index (χ2v) is 12.2. The van der Waals surface area contributed by atoms with Crippen molar-refractivity contribution in [2.75, 3.05) is 16.9 Å². The molecule has 4 aliphatic rings. The van der Waals surface area contributed by atoms with Gasteiger partial charge < -0.3 is 9.84 Å². The third-order valence-electron chi connectivity index (χ3n) is 10.1. The summed E-state index contributed by atoms with van der Waals surface area (Å²) in [6, 6.07) is 19.0. The normalized spacial score (nSPS) is 28.8. The molecular weight excluding hydrogens is 578 g/mol. The van der Waals surface area contributed by atoms with Gasteiger partial charge in [0.1, 0.15) is 0 Å². The number of hydrogen-bond donors (Lipinski definition) is 1. The topological polar surface area (TPSA) is 147 Å². The lowest BCUT2D eigenvalue weighted by Gasteiger charge is -2.49. The van der Waals surface area contributed by atoms with Gasteiger partial charge in [0.05, 0.1) is 46.6 Å². The molecule has 0 aromatic heterocycles. The van der Waals surface area contributed by atoms with Gasteiger partial charge in [-0.3, -0.25) is 29.3 Å². The Kier molecular flexibility index (Phi) is 6.40. The van der Waals surface area contributed by atoms with Crippen LogP contribution in [-0.2, 0) is 19.2 Å². The lowest BCUT2D eigenvalue weighted by atomic mass is 9.51. The number of carbonyl (C=O) groups excluding carboxylic acids is 4. The molecule has 0 bridgehead atoms. The SMILES string of the molecule is COc1cccc(C2C3=CCC4C(=O)N(c5cccc([N+](=O)[O-])c5)C(=O)C4C3CC3C(=O)N(c4ccccc4)C(=O)C32C)c1O. The maximum atomic E-state index is 14.4. The number of ether oxygens (including phenoxy) is 1. The zero-order valence-electron chi connectivity index (χ0n) is 24.5. The summed E-state index contributed by atoms with van der Waals surface area (Å²) >= 11 is 0. The first-order valence-corrected chi connectivity index (χ1v) is 14.7. The molecule has 2 heterocycles. The number of rotatable bonds is 5. The molecular formula is C34H29N3O8. The van der Waals surface area contributed by atoms with Crippen molar-refractivity contribution in [3.05, 3.63) is 100 Å². The fraction of sp³-hybridized carbons (Fsp3) is 0.294. The first-order valence-electron chi connectivity index (χ1n) is 14.7. The molecule has 1 N–H and O–H groups in total. The molecule has 2 saturated heterocycles. The molecule has 6 unspecified atom stereocenters. The molecule has 2 aliphatic carbocycles. The number of hydrogen-bond acceptors (Lipinski definition) is 8. The summed E-state index contributed by atoms with van der Waals surface area (Å²) in [4.78, 5) is 69.7. The van der Waals surface area contributed by atoms with E-state index in [2.05, 4.69) is 0 Å². The molecule has 3 aromatic rings. The Balaban J connectivity index is 1.38. The highest BCUT2D eigenvalue weighted by Gasteiger charge is 2.68. The minimum atomic E-state index is -1.32. The van der Waals surface area contributed by atoms with E-state index in [1.807, 2.05) is 6.08 Å². The van der Waals surface area contributed by atoms with Crippen LogP contribution >= 0.6 is 0 Å². The van der Waals surface area contributed by atoms with Crippen LogP contribution in [0, 0.1) is 39.2 Å². The molecule has 0 radical (unpaired) electrons. The molecule has 11 heteroatoms. The Bertz CT molecular complexity index is 1840. The van der Waals surface area contributed by atoms with Crippen LogP contribution in [0.5, 0.6) is 11.5 Å². The number of allylic oxidation sites excluding steroid dienone is 2. The number of benzene rings is 3. The van der Waals surface area contributed by atoms with E-state index in [-0.39, 0.29) is 35.7 Å². The van der Waals surface area contributed by atoms with Crippen LogP contribution in [0.2, 0.25) is 0 Å². The summed E-state index contributed by atoms with van der Waals surface area (Å²) in [7, 11) is 1.42. The minimum Gasteiger partial charge on any atom is -0.504 e. The largest absolute Gasteiger partial charge is 0.504 e. The van der Waals surface area contributed by atoms with E-state index in [1.54, 1.807) is 55.5 Å². The van der Waals surface area contributed by atoms with Gasteiger partial charge >= 0.3 is 0 Å². The van der Waals surface area contributed by atoms with Crippen molar-refractivity contribution in [3.63, 3.8) is 0 Å². The maximum Gasteiger partial charge on any atom is 0.271 e. The van der Waals surface area contributed by atoms with Gasteiger partial charge in [0.25, 0.3) is 5.69 Å². The highest BCUT2D eigenvalue weighted by molar-refractivity contribution is 6.25. The zero-order valence-corrected chi connectivity index (χ0v) is 24.5. The third-order valence-corrected chi connectivity index (χ3v) is 10.1.